The molecule has 2 aromatic heterocycles. The lowest BCUT2D eigenvalue weighted by Gasteiger charge is -2.04. The van der Waals surface area contributed by atoms with E-state index in [0.29, 0.717) is 11.7 Å². The van der Waals surface area contributed by atoms with Gasteiger partial charge in [-0.3, -0.25) is 0 Å². The van der Waals surface area contributed by atoms with Crippen molar-refractivity contribution in [2.75, 3.05) is 6.54 Å². The van der Waals surface area contributed by atoms with Gasteiger partial charge in [-0.1, -0.05) is 12.1 Å². The lowest BCUT2D eigenvalue weighted by atomic mass is 10.3. The van der Waals surface area contributed by atoms with Gasteiger partial charge in [-0.05, 0) is 19.5 Å². The van der Waals surface area contributed by atoms with Crippen LogP contribution in [0.4, 0.5) is 0 Å². The smallest absolute Gasteiger partial charge is 0.243 e. The molecule has 0 radical (unpaired) electrons. The maximum Gasteiger partial charge on any atom is 0.243 e. The van der Waals surface area contributed by atoms with Crippen LogP contribution in [0.15, 0.2) is 27.5 Å². The molecule has 1 N–H and O–H groups in total. The second-order valence-electron chi connectivity index (χ2n) is 3.25. The Hall–Kier alpha value is -1.62. The minimum absolute atomic E-state index is 0.0724. The first-order valence-electron chi connectivity index (χ1n) is 4.90. The van der Waals surface area contributed by atoms with Crippen LogP contribution in [0.25, 0.3) is 11.4 Å². The highest BCUT2D eigenvalue weighted by molar-refractivity contribution is 5.51. The van der Waals surface area contributed by atoms with Gasteiger partial charge in [0.1, 0.15) is 6.26 Å². The van der Waals surface area contributed by atoms with Crippen LogP contribution in [0.3, 0.4) is 0 Å². The molecule has 0 fully saturated rings. The van der Waals surface area contributed by atoms with Gasteiger partial charge >= 0.3 is 0 Å². The first kappa shape index (κ1) is 9.92. The van der Waals surface area contributed by atoms with Crippen molar-refractivity contribution < 1.29 is 8.94 Å². The molecule has 15 heavy (non-hydrogen) atoms. The van der Waals surface area contributed by atoms with Gasteiger partial charge in [0.05, 0.1) is 17.9 Å². The van der Waals surface area contributed by atoms with E-state index in [1.165, 1.54) is 0 Å². The van der Waals surface area contributed by atoms with Crippen LogP contribution in [-0.2, 0) is 0 Å². The highest BCUT2D eigenvalue weighted by atomic mass is 16.5. The van der Waals surface area contributed by atoms with Crippen LogP contribution in [-0.4, -0.2) is 16.7 Å². The molecular weight excluding hydrogens is 194 g/mol. The second kappa shape index (κ2) is 4.27. The highest BCUT2D eigenvalue weighted by Gasteiger charge is 2.14. The average Bonchev–Trinajstić information content (AvgIpc) is 2.89. The van der Waals surface area contributed by atoms with Crippen molar-refractivity contribution in [1.29, 1.82) is 0 Å². The van der Waals surface area contributed by atoms with Gasteiger partial charge in [0, 0.05) is 0 Å². The normalized spacial score (nSPS) is 12.9. The summed E-state index contributed by atoms with van der Waals surface area (Å²) in [5.74, 6) is 1.15. The number of furan rings is 1. The minimum atomic E-state index is 0.0724. The molecule has 80 valence electrons. The fourth-order valence-corrected chi connectivity index (χ4v) is 1.31. The average molecular weight is 207 g/mol. The quantitative estimate of drug-likeness (QED) is 0.830. The van der Waals surface area contributed by atoms with Crippen molar-refractivity contribution in [3.05, 3.63) is 24.5 Å². The minimum Gasteiger partial charge on any atom is -0.472 e. The zero-order valence-corrected chi connectivity index (χ0v) is 8.73. The van der Waals surface area contributed by atoms with E-state index in [9.17, 15) is 0 Å². The molecule has 0 bridgehead atoms. The Morgan fingerprint density at radius 2 is 2.40 bits per heavy atom. The monoisotopic (exact) mass is 207 g/mol. The predicted octanol–water partition coefficient (Wildman–Crippen LogP) is 2.00. The largest absolute Gasteiger partial charge is 0.472 e. The predicted molar refractivity (Wildman–Crippen MR) is 54.1 cm³/mol. The summed E-state index contributed by atoms with van der Waals surface area (Å²) in [6, 6.07) is 1.87. The fraction of sp³-hybridized carbons (Fsp3) is 0.400. The summed E-state index contributed by atoms with van der Waals surface area (Å²) < 4.78 is 10.1. The molecular formula is C10H13N3O2. The Kier molecular flexibility index (Phi) is 2.82. The third-order valence-corrected chi connectivity index (χ3v) is 2.10. The number of aromatic nitrogens is 2. The Balaban J connectivity index is 2.17. The number of hydrogen-bond donors (Lipinski definition) is 1. The van der Waals surface area contributed by atoms with E-state index >= 15 is 0 Å². The lowest BCUT2D eigenvalue weighted by molar-refractivity contribution is 0.342. The molecule has 0 aliphatic heterocycles. The molecule has 0 saturated carbocycles. The topological polar surface area (TPSA) is 64.1 Å². The van der Waals surface area contributed by atoms with Crippen molar-refractivity contribution in [3.63, 3.8) is 0 Å². The molecule has 2 aromatic rings. The third-order valence-electron chi connectivity index (χ3n) is 2.10. The molecule has 1 atom stereocenters. The van der Waals surface area contributed by atoms with Gasteiger partial charge in [0.25, 0.3) is 0 Å². The molecule has 1 unspecified atom stereocenters. The first-order chi connectivity index (χ1) is 7.31. The van der Waals surface area contributed by atoms with Crippen LogP contribution in [0, 0.1) is 0 Å². The first-order valence-corrected chi connectivity index (χ1v) is 4.90. The Bertz CT molecular complexity index is 408. The molecule has 2 heterocycles. The Morgan fingerprint density at radius 3 is 3.07 bits per heavy atom. The van der Waals surface area contributed by atoms with Gasteiger partial charge in [0.15, 0.2) is 0 Å². The van der Waals surface area contributed by atoms with Crippen LogP contribution in [0.5, 0.6) is 0 Å². The molecule has 0 amide bonds. The van der Waals surface area contributed by atoms with E-state index in [4.69, 9.17) is 8.94 Å². The third kappa shape index (κ3) is 2.07. The van der Waals surface area contributed by atoms with Crippen LogP contribution in [0.1, 0.15) is 25.8 Å². The molecule has 2 rings (SSSR count). The van der Waals surface area contributed by atoms with Gasteiger partial charge in [-0.15, -0.1) is 0 Å². The van der Waals surface area contributed by atoms with Gasteiger partial charge in [-0.2, -0.15) is 4.98 Å². The van der Waals surface area contributed by atoms with E-state index < -0.39 is 0 Å². The van der Waals surface area contributed by atoms with Crippen molar-refractivity contribution >= 4 is 0 Å². The molecule has 0 spiro atoms. The summed E-state index contributed by atoms with van der Waals surface area (Å²) >= 11 is 0. The maximum atomic E-state index is 5.14. The molecule has 0 aliphatic carbocycles. The summed E-state index contributed by atoms with van der Waals surface area (Å²) in [6.07, 6.45) is 3.17. The molecule has 5 nitrogen and oxygen atoms in total. The highest BCUT2D eigenvalue weighted by Crippen LogP contribution is 2.18. The number of rotatable bonds is 4. The number of nitrogens with zero attached hydrogens (tertiary/aromatic N) is 2. The van der Waals surface area contributed by atoms with Crippen molar-refractivity contribution in [2.45, 2.75) is 19.9 Å². The number of hydrogen-bond acceptors (Lipinski definition) is 5. The zero-order chi connectivity index (χ0) is 10.7. The molecule has 5 heteroatoms. The standard InChI is InChI=1S/C10H13N3O2/c1-3-11-7(2)10-12-9(13-15-10)8-4-5-14-6-8/h4-7,11H,3H2,1-2H3. The summed E-state index contributed by atoms with van der Waals surface area (Å²) in [5.41, 5.74) is 0.827. The molecule has 0 saturated heterocycles. The van der Waals surface area contributed by atoms with E-state index in [1.807, 2.05) is 13.8 Å². The lowest BCUT2D eigenvalue weighted by Crippen LogP contribution is -2.17. The van der Waals surface area contributed by atoms with E-state index in [2.05, 4.69) is 15.5 Å². The van der Waals surface area contributed by atoms with Gasteiger partial charge in [0.2, 0.25) is 11.7 Å². The van der Waals surface area contributed by atoms with Crippen molar-refractivity contribution in [3.8, 4) is 11.4 Å². The van der Waals surface area contributed by atoms with Crippen molar-refractivity contribution in [1.82, 2.24) is 15.5 Å². The number of nitrogens with one attached hydrogen (secondary N) is 1. The SMILES string of the molecule is CCNC(C)c1nc(-c2ccoc2)no1. The second-order valence-corrected chi connectivity index (χ2v) is 3.25. The van der Waals surface area contributed by atoms with Crippen LogP contribution >= 0.6 is 0 Å². The summed E-state index contributed by atoms with van der Waals surface area (Å²) in [6.45, 7) is 4.88. The summed E-state index contributed by atoms with van der Waals surface area (Å²) in [5, 5.41) is 7.08. The Labute approximate surface area is 87.5 Å². The Morgan fingerprint density at radius 1 is 1.53 bits per heavy atom. The molecule has 0 aromatic carbocycles. The summed E-state index contributed by atoms with van der Waals surface area (Å²) in [4.78, 5) is 4.27. The fourth-order valence-electron chi connectivity index (χ4n) is 1.31. The summed E-state index contributed by atoms with van der Waals surface area (Å²) in [7, 11) is 0. The van der Waals surface area contributed by atoms with E-state index in [-0.39, 0.29) is 6.04 Å². The van der Waals surface area contributed by atoms with Crippen LogP contribution in [0.2, 0.25) is 0 Å². The molecule has 0 aliphatic rings. The van der Waals surface area contributed by atoms with Gasteiger partial charge < -0.3 is 14.3 Å². The van der Waals surface area contributed by atoms with Crippen molar-refractivity contribution in [2.24, 2.45) is 0 Å². The van der Waals surface area contributed by atoms with E-state index in [0.717, 1.165) is 12.1 Å². The van der Waals surface area contributed by atoms with Crippen LogP contribution < -0.4 is 5.32 Å². The van der Waals surface area contributed by atoms with E-state index in [1.54, 1.807) is 18.6 Å². The van der Waals surface area contributed by atoms with Gasteiger partial charge in [-0.25, -0.2) is 0 Å². The zero-order valence-electron chi connectivity index (χ0n) is 8.73. The maximum absolute atomic E-state index is 5.14.